The topological polar surface area (TPSA) is 0 Å². The molecule has 0 heteroatoms. The minimum Gasteiger partial charge on any atom is -0.0587 e. The Morgan fingerprint density at radius 1 is 0.250 bits per heavy atom. The fourth-order valence-corrected chi connectivity index (χ4v) is 10.4. The highest BCUT2D eigenvalue weighted by Gasteiger charge is 2.22. The molecule has 0 amide bonds. The minimum atomic E-state index is 0.462. The molecule has 0 fully saturated rings. The Morgan fingerprint density at radius 2 is 0.518 bits per heavy atom. The van der Waals surface area contributed by atoms with E-state index < -0.39 is 0 Å². The quantitative estimate of drug-likeness (QED) is 0.159. The SMILES string of the molecule is Cc1cc(C)cc(-c2cc3c4ccc5c(cc6c7ccc(C(C)C)cc7c7cc(-c8cc(C)cc(C)c8)cc5c76)c4cc4c5ccc(C(C)C)cc5c(c2)c34)c1. The molecule has 0 unspecified atom stereocenters. The highest BCUT2D eigenvalue weighted by Crippen LogP contribution is 2.49. The van der Waals surface area contributed by atoms with Crippen molar-refractivity contribution in [1.82, 2.24) is 0 Å². The Hall–Kier alpha value is -5.98. The van der Waals surface area contributed by atoms with Crippen LogP contribution in [0.25, 0.3) is 108 Å². The molecule has 56 heavy (non-hydrogen) atoms. The number of hydrogen-bond donors (Lipinski definition) is 0. The standard InChI is InChI=1S/C56H46/c1-29(2)35-9-11-41-45(21-35)51-25-39(37-17-31(5)15-32(6)18-37)23-49-43-13-14-44-48(47(43)27-53(41)55(49)51)28-54-42-12-10-36(30(3)4)22-46(42)52-26-40(24-50(44)56(52)54)38-19-33(7)16-34(8)20-38/h9-30H,1-8H3. The van der Waals surface area contributed by atoms with E-state index in [1.807, 2.05) is 0 Å². The molecule has 0 saturated heterocycles. The predicted molar refractivity (Wildman–Crippen MR) is 247 cm³/mol. The lowest BCUT2D eigenvalue weighted by molar-refractivity contribution is 0.869. The van der Waals surface area contributed by atoms with Gasteiger partial charge < -0.3 is 0 Å². The first-order valence-electron chi connectivity index (χ1n) is 20.5. The molecule has 0 saturated carbocycles. The molecule has 0 nitrogen and oxygen atoms in total. The molecule has 11 aromatic rings. The molecular formula is C56H46. The van der Waals surface area contributed by atoms with Crippen LogP contribution in [0, 0.1) is 27.7 Å². The van der Waals surface area contributed by atoms with Crippen LogP contribution in [0.15, 0.2) is 121 Å². The van der Waals surface area contributed by atoms with Gasteiger partial charge in [0.25, 0.3) is 0 Å². The molecule has 0 aromatic heterocycles. The zero-order chi connectivity index (χ0) is 38.3. The summed E-state index contributed by atoms with van der Waals surface area (Å²) in [6.07, 6.45) is 0. The Labute approximate surface area is 329 Å². The summed E-state index contributed by atoms with van der Waals surface area (Å²) >= 11 is 0. The molecule has 0 spiro atoms. The Morgan fingerprint density at radius 3 is 0.857 bits per heavy atom. The highest BCUT2D eigenvalue weighted by atomic mass is 14.2. The summed E-state index contributed by atoms with van der Waals surface area (Å²) in [7, 11) is 0. The maximum Gasteiger partial charge on any atom is -0.00195 e. The van der Waals surface area contributed by atoms with E-state index in [0.29, 0.717) is 11.8 Å². The van der Waals surface area contributed by atoms with Gasteiger partial charge in [0.15, 0.2) is 0 Å². The minimum absolute atomic E-state index is 0.462. The van der Waals surface area contributed by atoms with Crippen LogP contribution in [0.2, 0.25) is 0 Å². The van der Waals surface area contributed by atoms with Gasteiger partial charge in [0, 0.05) is 0 Å². The zero-order valence-electron chi connectivity index (χ0n) is 33.7. The van der Waals surface area contributed by atoms with Gasteiger partial charge in [-0.3, -0.25) is 0 Å². The lowest BCUT2D eigenvalue weighted by Crippen LogP contribution is -1.87. The van der Waals surface area contributed by atoms with Crippen molar-refractivity contribution in [3.05, 3.63) is 155 Å². The van der Waals surface area contributed by atoms with E-state index in [0.717, 1.165) is 0 Å². The summed E-state index contributed by atoms with van der Waals surface area (Å²) in [6.45, 7) is 18.1. The van der Waals surface area contributed by atoms with Crippen molar-refractivity contribution in [1.29, 1.82) is 0 Å². The van der Waals surface area contributed by atoms with Gasteiger partial charge in [-0.2, -0.15) is 0 Å². The average Bonchev–Trinajstić information content (AvgIpc) is 3.66. The molecule has 0 heterocycles. The van der Waals surface area contributed by atoms with E-state index in [9.17, 15) is 0 Å². The van der Waals surface area contributed by atoms with E-state index in [1.54, 1.807) is 0 Å². The molecule has 0 aliphatic heterocycles. The van der Waals surface area contributed by atoms with Crippen LogP contribution in [-0.2, 0) is 0 Å². The van der Waals surface area contributed by atoms with Crippen LogP contribution >= 0.6 is 0 Å². The largest absolute Gasteiger partial charge is 0.0587 e. The molecule has 270 valence electrons. The van der Waals surface area contributed by atoms with Gasteiger partial charge in [-0.15, -0.1) is 0 Å². The van der Waals surface area contributed by atoms with E-state index >= 15 is 0 Å². The van der Waals surface area contributed by atoms with Gasteiger partial charge in [0.05, 0.1) is 0 Å². The lowest BCUT2D eigenvalue weighted by atomic mass is 9.89. The van der Waals surface area contributed by atoms with Crippen molar-refractivity contribution in [2.75, 3.05) is 0 Å². The summed E-state index contributed by atoms with van der Waals surface area (Å²) in [5.41, 5.74) is 13.1. The van der Waals surface area contributed by atoms with Gasteiger partial charge in [0.2, 0.25) is 0 Å². The molecule has 11 aromatic carbocycles. The van der Waals surface area contributed by atoms with Crippen molar-refractivity contribution in [2.45, 2.75) is 67.2 Å². The number of aryl methyl sites for hydroxylation is 4. The maximum atomic E-state index is 2.53. The maximum absolute atomic E-state index is 2.53. The molecule has 0 aliphatic carbocycles. The van der Waals surface area contributed by atoms with Gasteiger partial charge in [0.1, 0.15) is 0 Å². The third-order valence-electron chi connectivity index (χ3n) is 13.0. The second-order valence-corrected chi connectivity index (χ2v) is 17.7. The third-order valence-corrected chi connectivity index (χ3v) is 13.0. The van der Waals surface area contributed by atoms with Crippen LogP contribution in [0.4, 0.5) is 0 Å². The zero-order valence-corrected chi connectivity index (χ0v) is 33.7. The molecule has 0 atom stereocenters. The third kappa shape index (κ3) is 4.78. The number of fused-ring (bicyclic) bond motifs is 11. The Bertz CT molecular complexity index is 3170. The van der Waals surface area contributed by atoms with Crippen LogP contribution in [0.1, 0.15) is 72.9 Å². The first-order chi connectivity index (χ1) is 27.0. The fourth-order valence-electron chi connectivity index (χ4n) is 10.4. The number of hydrogen-bond acceptors (Lipinski definition) is 0. The first kappa shape index (κ1) is 33.4. The number of rotatable bonds is 4. The smallest absolute Gasteiger partial charge is 0.00195 e. The van der Waals surface area contributed by atoms with Crippen molar-refractivity contribution >= 4 is 86.2 Å². The highest BCUT2D eigenvalue weighted by molar-refractivity contribution is 6.40. The number of benzene rings is 9. The van der Waals surface area contributed by atoms with E-state index in [1.165, 1.54) is 142 Å². The summed E-state index contributed by atoms with van der Waals surface area (Å²) in [4.78, 5) is 0. The average molecular weight is 719 g/mol. The Balaban J connectivity index is 1.32. The molecule has 0 aliphatic rings. The van der Waals surface area contributed by atoms with Gasteiger partial charge in [-0.25, -0.2) is 0 Å². The fraction of sp³-hybridized carbons (Fsp3) is 0.179. The van der Waals surface area contributed by atoms with Crippen LogP contribution in [0.3, 0.4) is 0 Å². The van der Waals surface area contributed by atoms with Crippen LogP contribution in [0.5, 0.6) is 0 Å². The second-order valence-electron chi connectivity index (χ2n) is 17.7. The summed E-state index contributed by atoms with van der Waals surface area (Å²) in [5, 5.41) is 21.6. The normalized spacial score (nSPS) is 12.6. The summed E-state index contributed by atoms with van der Waals surface area (Å²) in [6, 6.07) is 48.2. The van der Waals surface area contributed by atoms with Crippen molar-refractivity contribution < 1.29 is 0 Å². The second kappa shape index (κ2) is 11.8. The van der Waals surface area contributed by atoms with E-state index in [-0.39, 0.29) is 0 Å². The monoisotopic (exact) mass is 718 g/mol. The lowest BCUT2D eigenvalue weighted by Gasteiger charge is -2.14. The molecule has 0 N–H and O–H groups in total. The molecule has 0 radical (unpaired) electrons. The summed E-state index contributed by atoms with van der Waals surface area (Å²) < 4.78 is 0. The predicted octanol–water partition coefficient (Wildman–Crippen LogP) is 16.6. The van der Waals surface area contributed by atoms with Crippen LogP contribution in [-0.4, -0.2) is 0 Å². The van der Waals surface area contributed by atoms with Gasteiger partial charge >= 0.3 is 0 Å². The van der Waals surface area contributed by atoms with Crippen molar-refractivity contribution in [3.63, 3.8) is 0 Å². The molecule has 11 rings (SSSR count). The van der Waals surface area contributed by atoms with Crippen LogP contribution < -0.4 is 0 Å². The van der Waals surface area contributed by atoms with Crippen molar-refractivity contribution in [3.8, 4) is 22.3 Å². The molecular weight excluding hydrogens is 673 g/mol. The summed E-state index contributed by atoms with van der Waals surface area (Å²) in [5.74, 6) is 0.925. The van der Waals surface area contributed by atoms with Gasteiger partial charge in [-0.05, 0) is 195 Å². The van der Waals surface area contributed by atoms with Gasteiger partial charge in [-0.1, -0.05) is 135 Å². The first-order valence-corrected chi connectivity index (χ1v) is 20.5. The van der Waals surface area contributed by atoms with E-state index in [2.05, 4.69) is 177 Å². The van der Waals surface area contributed by atoms with E-state index in [4.69, 9.17) is 0 Å². The Kier molecular flexibility index (Phi) is 7.01. The van der Waals surface area contributed by atoms with Crippen molar-refractivity contribution in [2.24, 2.45) is 0 Å². The molecule has 0 bridgehead atoms.